The van der Waals surface area contributed by atoms with Gasteiger partial charge in [0.1, 0.15) is 5.75 Å². The van der Waals surface area contributed by atoms with Gasteiger partial charge in [0.15, 0.2) is 0 Å². The van der Waals surface area contributed by atoms with E-state index in [1.54, 1.807) is 23.5 Å². The summed E-state index contributed by atoms with van der Waals surface area (Å²) in [4.78, 5) is 17.7. The van der Waals surface area contributed by atoms with Crippen molar-refractivity contribution in [2.75, 3.05) is 20.1 Å². The second kappa shape index (κ2) is 7.93. The van der Waals surface area contributed by atoms with Crippen LogP contribution in [0.15, 0.2) is 35.7 Å². The van der Waals surface area contributed by atoms with Gasteiger partial charge in [-0.25, -0.2) is 0 Å². The number of likely N-dealkylation sites (N-methyl/N-ethyl adjacent to an activating group) is 1. The van der Waals surface area contributed by atoms with Crippen molar-refractivity contribution >= 4 is 17.2 Å². The van der Waals surface area contributed by atoms with Gasteiger partial charge in [0, 0.05) is 24.5 Å². The lowest BCUT2D eigenvalue weighted by Crippen LogP contribution is -2.41. The highest BCUT2D eigenvalue weighted by Crippen LogP contribution is 2.24. The molecule has 0 unspecified atom stereocenters. The topological polar surface area (TPSA) is 32.8 Å². The molecule has 4 nitrogen and oxygen atoms in total. The average molecular weight is 366 g/mol. The van der Waals surface area contributed by atoms with Crippen LogP contribution in [0, 0.1) is 0 Å². The van der Waals surface area contributed by atoms with E-state index in [0.29, 0.717) is 19.6 Å². The second-order valence-electron chi connectivity index (χ2n) is 6.13. The predicted molar refractivity (Wildman–Crippen MR) is 92.8 cm³/mol. The summed E-state index contributed by atoms with van der Waals surface area (Å²) < 4.78 is 28.6. The number of alkyl halides is 2. The summed E-state index contributed by atoms with van der Waals surface area (Å²) in [5.41, 5.74) is 2.19. The molecule has 0 N–H and O–H groups in total. The smallest absolute Gasteiger partial charge is 0.387 e. The van der Waals surface area contributed by atoms with Gasteiger partial charge >= 0.3 is 6.61 Å². The van der Waals surface area contributed by atoms with Crippen molar-refractivity contribution in [2.24, 2.45) is 0 Å². The van der Waals surface area contributed by atoms with E-state index in [2.05, 4.69) is 16.2 Å². The molecule has 0 spiro atoms. The van der Waals surface area contributed by atoms with Crippen molar-refractivity contribution in [3.63, 3.8) is 0 Å². The van der Waals surface area contributed by atoms with Crippen LogP contribution in [0.1, 0.15) is 16.0 Å². The van der Waals surface area contributed by atoms with Crippen molar-refractivity contribution in [3.8, 4) is 5.75 Å². The third kappa shape index (κ3) is 4.76. The van der Waals surface area contributed by atoms with E-state index in [4.69, 9.17) is 0 Å². The minimum Gasteiger partial charge on any atom is -0.435 e. The number of amides is 1. The van der Waals surface area contributed by atoms with E-state index in [0.717, 1.165) is 18.5 Å². The molecule has 0 radical (unpaired) electrons. The van der Waals surface area contributed by atoms with Gasteiger partial charge in [-0.05, 0) is 48.2 Å². The van der Waals surface area contributed by atoms with E-state index in [-0.39, 0.29) is 11.7 Å². The molecule has 1 aromatic carbocycles. The fraction of sp³-hybridized carbons (Fsp3) is 0.389. The van der Waals surface area contributed by atoms with Crippen LogP contribution in [-0.2, 0) is 24.3 Å². The molecule has 0 fully saturated rings. The zero-order valence-corrected chi connectivity index (χ0v) is 14.8. The molecule has 3 rings (SSSR count). The molecule has 134 valence electrons. The van der Waals surface area contributed by atoms with Crippen LogP contribution in [0.2, 0.25) is 0 Å². The highest BCUT2D eigenvalue weighted by Gasteiger charge is 2.22. The largest absolute Gasteiger partial charge is 0.435 e. The van der Waals surface area contributed by atoms with Crippen molar-refractivity contribution in [1.29, 1.82) is 0 Å². The van der Waals surface area contributed by atoms with Crippen molar-refractivity contribution in [3.05, 3.63) is 51.7 Å². The number of fused-ring (bicyclic) bond motifs is 1. The summed E-state index contributed by atoms with van der Waals surface area (Å²) in [6, 6.07) is 8.58. The monoisotopic (exact) mass is 366 g/mol. The molecule has 0 saturated carbocycles. The minimum atomic E-state index is -2.82. The fourth-order valence-electron chi connectivity index (χ4n) is 2.94. The second-order valence-corrected chi connectivity index (χ2v) is 7.13. The Morgan fingerprint density at radius 1 is 1.32 bits per heavy atom. The molecular weight excluding hydrogens is 346 g/mol. The van der Waals surface area contributed by atoms with Crippen LogP contribution in [0.25, 0.3) is 0 Å². The normalized spacial score (nSPS) is 14.0. The Balaban J connectivity index is 1.50. The van der Waals surface area contributed by atoms with Gasteiger partial charge in [-0.1, -0.05) is 12.1 Å². The van der Waals surface area contributed by atoms with Gasteiger partial charge in [0.05, 0.1) is 6.54 Å². The van der Waals surface area contributed by atoms with Crippen molar-refractivity contribution in [2.45, 2.75) is 26.1 Å². The van der Waals surface area contributed by atoms with E-state index < -0.39 is 6.61 Å². The molecule has 25 heavy (non-hydrogen) atoms. The highest BCUT2D eigenvalue weighted by molar-refractivity contribution is 7.10. The number of halogens is 2. The molecule has 1 aromatic heterocycles. The number of nitrogens with zero attached hydrogens (tertiary/aromatic N) is 2. The van der Waals surface area contributed by atoms with Gasteiger partial charge in [0.25, 0.3) is 0 Å². The summed E-state index contributed by atoms with van der Waals surface area (Å²) in [5.74, 6) is 0.245. The number of hydrogen-bond donors (Lipinski definition) is 0. The summed E-state index contributed by atoms with van der Waals surface area (Å²) in [6.45, 7) is -0.475. The quantitative estimate of drug-likeness (QED) is 0.786. The van der Waals surface area contributed by atoms with Gasteiger partial charge in [-0.3, -0.25) is 9.69 Å². The third-order valence-corrected chi connectivity index (χ3v) is 5.19. The van der Waals surface area contributed by atoms with E-state index in [1.807, 2.05) is 16.8 Å². The van der Waals surface area contributed by atoms with E-state index in [1.165, 1.54) is 22.6 Å². The first-order valence-corrected chi connectivity index (χ1v) is 8.94. The number of carbonyl (C=O) groups is 1. The van der Waals surface area contributed by atoms with Crippen LogP contribution in [-0.4, -0.2) is 42.5 Å². The molecule has 0 bridgehead atoms. The lowest BCUT2D eigenvalue weighted by atomic mass is 10.1. The first-order valence-electron chi connectivity index (χ1n) is 8.06. The first kappa shape index (κ1) is 17.8. The number of rotatable bonds is 6. The molecule has 2 heterocycles. The maximum Gasteiger partial charge on any atom is 0.387 e. The highest BCUT2D eigenvalue weighted by atomic mass is 32.1. The summed E-state index contributed by atoms with van der Waals surface area (Å²) in [7, 11) is 1.88. The Morgan fingerprint density at radius 3 is 2.80 bits per heavy atom. The van der Waals surface area contributed by atoms with Crippen LogP contribution >= 0.6 is 11.3 Å². The Hall–Kier alpha value is -1.99. The summed E-state index contributed by atoms with van der Waals surface area (Å²) >= 11 is 1.75. The number of ether oxygens (including phenoxy) is 1. The molecule has 7 heteroatoms. The average Bonchev–Trinajstić information content (AvgIpc) is 3.03. The Bertz CT molecular complexity index is 718. The fourth-order valence-corrected chi connectivity index (χ4v) is 3.83. The summed E-state index contributed by atoms with van der Waals surface area (Å²) in [6.07, 6.45) is 0.925. The minimum absolute atomic E-state index is 0.108. The van der Waals surface area contributed by atoms with E-state index in [9.17, 15) is 13.6 Å². The molecule has 1 aliphatic heterocycles. The SMILES string of the molecule is CN(CC(=O)N1CCc2sccc2C1)Cc1ccc(OC(F)F)cc1. The third-order valence-electron chi connectivity index (χ3n) is 4.17. The molecule has 0 saturated heterocycles. The molecule has 2 aromatic rings. The first-order chi connectivity index (χ1) is 12.0. The zero-order valence-electron chi connectivity index (χ0n) is 14.0. The number of carbonyl (C=O) groups excluding carboxylic acids is 1. The maximum absolute atomic E-state index is 12.5. The van der Waals surface area contributed by atoms with Crippen LogP contribution < -0.4 is 4.74 Å². The Morgan fingerprint density at radius 2 is 2.08 bits per heavy atom. The molecule has 0 atom stereocenters. The van der Waals surface area contributed by atoms with Crippen LogP contribution in [0.3, 0.4) is 0 Å². The van der Waals surface area contributed by atoms with Gasteiger partial charge in [-0.15, -0.1) is 11.3 Å². The zero-order chi connectivity index (χ0) is 17.8. The number of hydrogen-bond acceptors (Lipinski definition) is 4. The van der Waals surface area contributed by atoms with Crippen molar-refractivity contribution < 1.29 is 18.3 Å². The lowest BCUT2D eigenvalue weighted by molar-refractivity contribution is -0.133. The van der Waals surface area contributed by atoms with Crippen LogP contribution in [0.4, 0.5) is 8.78 Å². The maximum atomic E-state index is 12.5. The molecule has 1 amide bonds. The number of benzene rings is 1. The lowest BCUT2D eigenvalue weighted by Gasteiger charge is -2.29. The summed E-state index contributed by atoms with van der Waals surface area (Å²) in [5, 5.41) is 2.08. The molecule has 0 aliphatic carbocycles. The van der Waals surface area contributed by atoms with E-state index >= 15 is 0 Å². The Labute approximate surface area is 149 Å². The van der Waals surface area contributed by atoms with Gasteiger partial charge in [-0.2, -0.15) is 8.78 Å². The molecular formula is C18H20F2N2O2S. The van der Waals surface area contributed by atoms with Crippen molar-refractivity contribution in [1.82, 2.24) is 9.80 Å². The molecule has 1 aliphatic rings. The Kier molecular flexibility index (Phi) is 5.65. The standard InChI is InChI=1S/C18H20F2N2O2S/c1-21(10-13-2-4-15(5-3-13)24-18(19)20)12-17(23)22-8-6-16-14(11-22)7-9-25-16/h2-5,7,9,18H,6,8,10-12H2,1H3. The van der Waals surface area contributed by atoms with Gasteiger partial charge in [0.2, 0.25) is 5.91 Å². The number of thiophene rings is 1. The predicted octanol–water partition coefficient (Wildman–Crippen LogP) is 3.37. The van der Waals surface area contributed by atoms with Gasteiger partial charge < -0.3 is 9.64 Å². The van der Waals surface area contributed by atoms with Crippen LogP contribution in [0.5, 0.6) is 5.75 Å².